The van der Waals surface area contributed by atoms with Crippen molar-refractivity contribution >= 4 is 39.2 Å². The molecule has 2 aromatic rings. The van der Waals surface area contributed by atoms with Gasteiger partial charge in [0.05, 0.1) is 11.9 Å². The predicted octanol–water partition coefficient (Wildman–Crippen LogP) is 2.30. The zero-order chi connectivity index (χ0) is 24.1. The summed E-state index contributed by atoms with van der Waals surface area (Å²) in [5.74, 6) is 1.50. The number of sulfonamides is 1. The molecule has 2 aliphatic rings. The Morgan fingerprint density at radius 3 is 2.59 bits per heavy atom. The van der Waals surface area contributed by atoms with Gasteiger partial charge in [-0.3, -0.25) is 10.2 Å². The highest BCUT2D eigenvalue weighted by atomic mass is 32.2. The summed E-state index contributed by atoms with van der Waals surface area (Å²) in [6.45, 7) is 2.05. The van der Waals surface area contributed by atoms with Crippen LogP contribution in [0, 0.1) is 0 Å². The lowest BCUT2D eigenvalue weighted by Crippen LogP contribution is -2.45. The fraction of sp³-hybridized carbons (Fsp3) is 0.545. The Balaban J connectivity index is 1.62. The van der Waals surface area contributed by atoms with Crippen LogP contribution in [0.5, 0.6) is 0 Å². The molecular formula is C22H32N8O3S. The summed E-state index contributed by atoms with van der Waals surface area (Å²) in [5.41, 5.74) is 6.77. The summed E-state index contributed by atoms with van der Waals surface area (Å²) < 4.78 is 25.5. The molecule has 3 heterocycles. The van der Waals surface area contributed by atoms with E-state index in [2.05, 4.69) is 20.2 Å². The van der Waals surface area contributed by atoms with Crippen LogP contribution in [0.4, 0.5) is 27.9 Å². The van der Waals surface area contributed by atoms with Crippen LogP contribution < -0.4 is 20.9 Å². The van der Waals surface area contributed by atoms with Gasteiger partial charge in [-0.2, -0.15) is 0 Å². The molecule has 0 aromatic carbocycles. The van der Waals surface area contributed by atoms with Crippen molar-refractivity contribution in [2.24, 2.45) is 0 Å². The minimum absolute atomic E-state index is 0.0227. The highest BCUT2D eigenvalue weighted by Gasteiger charge is 2.31. The summed E-state index contributed by atoms with van der Waals surface area (Å²) in [4.78, 5) is 30.0. The van der Waals surface area contributed by atoms with Crippen LogP contribution in [0.15, 0.2) is 30.7 Å². The Labute approximate surface area is 200 Å². The molecule has 4 rings (SSSR count). The number of rotatable bonds is 5. The highest BCUT2D eigenvalue weighted by molar-refractivity contribution is 7.88. The number of nitrogens with zero attached hydrogens (tertiary/aromatic N) is 6. The molecule has 0 spiro atoms. The lowest BCUT2D eigenvalue weighted by Gasteiger charge is -2.34. The molecule has 34 heavy (non-hydrogen) atoms. The van der Waals surface area contributed by atoms with Crippen molar-refractivity contribution in [3.8, 4) is 0 Å². The van der Waals surface area contributed by atoms with Crippen molar-refractivity contribution in [1.82, 2.24) is 19.3 Å². The minimum Gasteiger partial charge on any atom is -0.396 e. The number of amides is 2. The van der Waals surface area contributed by atoms with E-state index in [0.29, 0.717) is 55.7 Å². The van der Waals surface area contributed by atoms with E-state index in [1.807, 2.05) is 6.07 Å². The number of urea groups is 1. The lowest BCUT2D eigenvalue weighted by molar-refractivity contribution is 0.252. The van der Waals surface area contributed by atoms with Crippen LogP contribution in [0.25, 0.3) is 0 Å². The largest absolute Gasteiger partial charge is 0.396 e. The molecule has 1 aliphatic heterocycles. The van der Waals surface area contributed by atoms with Gasteiger partial charge in [-0.1, -0.05) is 19.3 Å². The Bertz CT molecular complexity index is 1090. The first-order valence-corrected chi connectivity index (χ1v) is 13.5. The van der Waals surface area contributed by atoms with Crippen molar-refractivity contribution in [3.05, 3.63) is 30.7 Å². The van der Waals surface area contributed by atoms with Crippen molar-refractivity contribution < 1.29 is 13.2 Å². The lowest BCUT2D eigenvalue weighted by atomic mass is 9.94. The molecule has 1 saturated heterocycles. The van der Waals surface area contributed by atoms with E-state index in [1.54, 1.807) is 23.2 Å². The van der Waals surface area contributed by atoms with E-state index < -0.39 is 10.0 Å². The van der Waals surface area contributed by atoms with E-state index >= 15 is 0 Å². The molecule has 11 nitrogen and oxygen atoms in total. The van der Waals surface area contributed by atoms with Gasteiger partial charge < -0.3 is 10.6 Å². The zero-order valence-corrected chi connectivity index (χ0v) is 20.2. The second-order valence-electron chi connectivity index (χ2n) is 8.77. The number of hydrogen-bond donors (Lipinski definition) is 2. The van der Waals surface area contributed by atoms with E-state index in [4.69, 9.17) is 10.7 Å². The third-order valence-electron chi connectivity index (χ3n) is 6.34. The average molecular weight is 489 g/mol. The standard InChI is InChI=1S/C22H32N8O3S/c1-34(32,33)29-13-5-12-28(14-15-29)20-9-8-18(23)21(27-20)30(17-6-3-2-4-7-17)22(31)26-19-10-11-24-16-25-19/h8-11,16-17H,2-7,12-15,23H2,1H3,(H,24,25,26,31). The number of carbonyl (C=O) groups is 1. The van der Waals surface area contributed by atoms with Gasteiger partial charge in [-0.05, 0) is 37.5 Å². The molecule has 0 bridgehead atoms. The molecule has 1 saturated carbocycles. The first kappa shape index (κ1) is 24.1. The quantitative estimate of drug-likeness (QED) is 0.654. The number of nitrogen functional groups attached to an aromatic ring is 1. The smallest absolute Gasteiger partial charge is 0.328 e. The average Bonchev–Trinajstić information content (AvgIpc) is 3.09. The van der Waals surface area contributed by atoms with E-state index in [0.717, 1.165) is 32.1 Å². The third-order valence-corrected chi connectivity index (χ3v) is 7.65. The predicted molar refractivity (Wildman–Crippen MR) is 132 cm³/mol. The van der Waals surface area contributed by atoms with Crippen LogP contribution in [0.3, 0.4) is 0 Å². The van der Waals surface area contributed by atoms with Crippen LogP contribution in [-0.4, -0.2) is 72.2 Å². The van der Waals surface area contributed by atoms with E-state index in [9.17, 15) is 13.2 Å². The Kier molecular flexibility index (Phi) is 7.47. The molecule has 2 aromatic heterocycles. The van der Waals surface area contributed by atoms with Gasteiger partial charge in [-0.15, -0.1) is 0 Å². The molecule has 184 valence electrons. The number of nitrogens with one attached hydrogen (secondary N) is 1. The molecule has 12 heteroatoms. The minimum atomic E-state index is -3.24. The first-order chi connectivity index (χ1) is 16.3. The van der Waals surface area contributed by atoms with Crippen LogP contribution in [-0.2, 0) is 10.0 Å². The van der Waals surface area contributed by atoms with Gasteiger partial charge in [0.25, 0.3) is 0 Å². The van der Waals surface area contributed by atoms with Gasteiger partial charge in [0, 0.05) is 38.4 Å². The van der Waals surface area contributed by atoms with Gasteiger partial charge in [0.1, 0.15) is 18.0 Å². The molecule has 0 atom stereocenters. The summed E-state index contributed by atoms with van der Waals surface area (Å²) in [7, 11) is -3.24. The van der Waals surface area contributed by atoms with Crippen LogP contribution in [0.1, 0.15) is 38.5 Å². The third kappa shape index (κ3) is 5.73. The van der Waals surface area contributed by atoms with Crippen molar-refractivity contribution in [3.63, 3.8) is 0 Å². The monoisotopic (exact) mass is 488 g/mol. The summed E-state index contributed by atoms with van der Waals surface area (Å²) in [5, 5.41) is 2.85. The molecular weight excluding hydrogens is 456 g/mol. The van der Waals surface area contributed by atoms with Crippen LogP contribution in [0.2, 0.25) is 0 Å². The number of hydrogen-bond acceptors (Lipinski definition) is 8. The van der Waals surface area contributed by atoms with E-state index in [-0.39, 0.29) is 12.1 Å². The second kappa shape index (κ2) is 10.5. The second-order valence-corrected chi connectivity index (χ2v) is 10.8. The maximum Gasteiger partial charge on any atom is 0.328 e. The molecule has 2 fully saturated rings. The Morgan fingerprint density at radius 1 is 1.09 bits per heavy atom. The summed E-state index contributed by atoms with van der Waals surface area (Å²) in [6, 6.07) is 4.88. The van der Waals surface area contributed by atoms with Gasteiger partial charge in [0.15, 0.2) is 5.82 Å². The number of aromatic nitrogens is 3. The molecule has 2 amide bonds. The zero-order valence-electron chi connectivity index (χ0n) is 19.4. The number of carbonyl (C=O) groups excluding carboxylic acids is 1. The van der Waals surface area contributed by atoms with Gasteiger partial charge >= 0.3 is 6.03 Å². The molecule has 3 N–H and O–H groups in total. The molecule has 0 radical (unpaired) electrons. The van der Waals surface area contributed by atoms with Crippen LogP contribution >= 0.6 is 0 Å². The number of pyridine rings is 1. The number of anilines is 4. The SMILES string of the molecule is CS(=O)(=O)N1CCCN(c2ccc(N)c(N(C(=O)Nc3ccncn3)C3CCCCC3)n2)CC1. The fourth-order valence-corrected chi connectivity index (χ4v) is 5.46. The van der Waals surface area contributed by atoms with Crippen molar-refractivity contribution in [2.45, 2.75) is 44.6 Å². The Hall–Kier alpha value is -2.99. The topological polar surface area (TPSA) is 138 Å². The van der Waals surface area contributed by atoms with Gasteiger partial charge in [0.2, 0.25) is 10.0 Å². The normalized spacial score (nSPS) is 18.3. The Morgan fingerprint density at radius 2 is 1.88 bits per heavy atom. The van der Waals surface area contributed by atoms with Crippen molar-refractivity contribution in [1.29, 1.82) is 0 Å². The maximum atomic E-state index is 13.4. The van der Waals surface area contributed by atoms with E-state index in [1.165, 1.54) is 16.9 Å². The molecule has 0 unspecified atom stereocenters. The summed E-state index contributed by atoms with van der Waals surface area (Å²) in [6.07, 6.45) is 9.84. The summed E-state index contributed by atoms with van der Waals surface area (Å²) >= 11 is 0. The first-order valence-electron chi connectivity index (χ1n) is 11.7. The van der Waals surface area contributed by atoms with Gasteiger partial charge in [-0.25, -0.2) is 32.5 Å². The van der Waals surface area contributed by atoms with Crippen molar-refractivity contribution in [2.75, 3.05) is 53.3 Å². The molecule has 1 aliphatic carbocycles. The number of nitrogens with two attached hydrogens (primary N) is 1. The fourth-order valence-electron chi connectivity index (χ4n) is 4.58. The maximum absolute atomic E-state index is 13.4. The highest BCUT2D eigenvalue weighted by Crippen LogP contribution is 2.32.